The molecule has 2 unspecified atom stereocenters. The predicted molar refractivity (Wildman–Crippen MR) is 81.8 cm³/mol. The largest absolute Gasteiger partial charge is 0.481 e. The monoisotopic (exact) mass is 281 g/mol. The number of rotatable bonds is 3. The van der Waals surface area contributed by atoms with Gasteiger partial charge in [0.2, 0.25) is 0 Å². The molecule has 20 heavy (non-hydrogen) atoms. The van der Waals surface area contributed by atoms with Crippen LogP contribution in [0.3, 0.4) is 0 Å². The van der Waals surface area contributed by atoms with Gasteiger partial charge in [-0.3, -0.25) is 9.69 Å². The van der Waals surface area contributed by atoms with Gasteiger partial charge < -0.3 is 5.11 Å². The second kappa shape index (κ2) is 5.67. The van der Waals surface area contributed by atoms with E-state index in [-0.39, 0.29) is 5.92 Å². The van der Waals surface area contributed by atoms with Gasteiger partial charge in [0.25, 0.3) is 0 Å². The Kier molecular flexibility index (Phi) is 4.48. The quantitative estimate of drug-likeness (QED) is 0.800. The minimum Gasteiger partial charge on any atom is -0.481 e. The first-order chi connectivity index (χ1) is 9.27. The van der Waals surface area contributed by atoms with E-state index in [1.54, 1.807) is 0 Å². The topological polar surface area (TPSA) is 40.5 Å². The smallest absolute Gasteiger partial charge is 0.311 e. The van der Waals surface area contributed by atoms with E-state index in [0.717, 1.165) is 19.5 Å². The molecule has 1 saturated heterocycles. The van der Waals surface area contributed by atoms with E-state index >= 15 is 0 Å². The van der Waals surface area contributed by atoms with Crippen LogP contribution < -0.4 is 0 Å². The van der Waals surface area contributed by atoms with E-state index in [9.17, 15) is 9.90 Å². The second-order valence-electron chi connectivity index (χ2n) is 8.09. The molecule has 1 heterocycles. The van der Waals surface area contributed by atoms with Crippen molar-refractivity contribution in [3.63, 3.8) is 0 Å². The Balaban J connectivity index is 2.03. The van der Waals surface area contributed by atoms with Crippen molar-refractivity contribution in [2.75, 3.05) is 13.1 Å². The van der Waals surface area contributed by atoms with Crippen LogP contribution in [0.15, 0.2) is 0 Å². The molecule has 0 aromatic heterocycles. The van der Waals surface area contributed by atoms with Crippen molar-refractivity contribution in [3.8, 4) is 0 Å². The molecule has 2 rings (SSSR count). The molecule has 3 nitrogen and oxygen atoms in total. The fourth-order valence-corrected chi connectivity index (χ4v) is 4.08. The SMILES string of the molecule is CC(C)C1(C(=O)O)CCN(C2CCCC(C)(C)CC2)C1. The Bertz CT molecular complexity index is 364. The number of hydrogen-bond acceptors (Lipinski definition) is 2. The highest BCUT2D eigenvalue weighted by Crippen LogP contribution is 2.42. The van der Waals surface area contributed by atoms with Gasteiger partial charge in [-0.25, -0.2) is 0 Å². The van der Waals surface area contributed by atoms with Crippen LogP contribution in [0.25, 0.3) is 0 Å². The fraction of sp³-hybridized carbons (Fsp3) is 0.941. The van der Waals surface area contributed by atoms with Crippen LogP contribution in [0.1, 0.15) is 66.2 Å². The van der Waals surface area contributed by atoms with Crippen LogP contribution in [-0.2, 0) is 4.79 Å². The van der Waals surface area contributed by atoms with Crippen molar-refractivity contribution in [1.29, 1.82) is 0 Å². The van der Waals surface area contributed by atoms with Gasteiger partial charge in [0.05, 0.1) is 5.41 Å². The molecule has 1 aliphatic heterocycles. The Labute approximate surface area is 123 Å². The number of nitrogens with zero attached hydrogens (tertiary/aromatic N) is 1. The highest BCUT2D eigenvalue weighted by atomic mass is 16.4. The number of carbonyl (C=O) groups is 1. The molecule has 0 spiro atoms. The summed E-state index contributed by atoms with van der Waals surface area (Å²) in [6.45, 7) is 10.6. The van der Waals surface area contributed by atoms with Gasteiger partial charge in [-0.1, -0.05) is 34.1 Å². The number of likely N-dealkylation sites (tertiary alicyclic amines) is 1. The van der Waals surface area contributed by atoms with E-state index in [1.165, 1.54) is 32.1 Å². The van der Waals surface area contributed by atoms with Gasteiger partial charge in [0, 0.05) is 12.6 Å². The third-order valence-electron chi connectivity index (χ3n) is 5.92. The molecule has 1 N–H and O–H groups in total. The van der Waals surface area contributed by atoms with Crippen LogP contribution in [-0.4, -0.2) is 35.1 Å². The minimum atomic E-state index is -0.594. The Morgan fingerprint density at radius 3 is 2.45 bits per heavy atom. The lowest BCUT2D eigenvalue weighted by atomic mass is 9.76. The molecule has 1 aliphatic carbocycles. The normalized spacial score (nSPS) is 35.1. The molecule has 3 heteroatoms. The molecule has 2 atom stereocenters. The van der Waals surface area contributed by atoms with Gasteiger partial charge in [-0.05, 0) is 50.0 Å². The fourth-order valence-electron chi connectivity index (χ4n) is 4.08. The van der Waals surface area contributed by atoms with Crippen LogP contribution >= 0.6 is 0 Å². The van der Waals surface area contributed by atoms with E-state index in [4.69, 9.17) is 0 Å². The van der Waals surface area contributed by atoms with E-state index in [1.807, 2.05) is 0 Å². The minimum absolute atomic E-state index is 0.215. The summed E-state index contributed by atoms with van der Waals surface area (Å²) in [6.07, 6.45) is 7.18. The molecular formula is C17H31NO2. The average Bonchev–Trinajstić information content (AvgIpc) is 2.72. The van der Waals surface area contributed by atoms with Gasteiger partial charge in [0.15, 0.2) is 0 Å². The summed E-state index contributed by atoms with van der Waals surface area (Å²) in [5.74, 6) is -0.379. The zero-order valence-electron chi connectivity index (χ0n) is 13.6. The number of carboxylic acids is 1. The van der Waals surface area contributed by atoms with Crippen molar-refractivity contribution in [1.82, 2.24) is 4.90 Å². The summed E-state index contributed by atoms with van der Waals surface area (Å²) in [6, 6.07) is 0.608. The first kappa shape index (κ1) is 15.8. The van der Waals surface area contributed by atoms with Crippen molar-refractivity contribution in [2.45, 2.75) is 72.3 Å². The van der Waals surface area contributed by atoms with Gasteiger partial charge in [-0.2, -0.15) is 0 Å². The van der Waals surface area contributed by atoms with Crippen LogP contribution in [0, 0.1) is 16.7 Å². The van der Waals surface area contributed by atoms with Crippen LogP contribution in [0.2, 0.25) is 0 Å². The van der Waals surface area contributed by atoms with Crippen LogP contribution in [0.4, 0.5) is 0 Å². The lowest BCUT2D eigenvalue weighted by Crippen LogP contribution is -2.41. The molecule has 2 aliphatic rings. The summed E-state index contributed by atoms with van der Waals surface area (Å²) in [7, 11) is 0. The van der Waals surface area contributed by atoms with Crippen molar-refractivity contribution >= 4 is 5.97 Å². The van der Waals surface area contributed by atoms with Crippen LogP contribution in [0.5, 0.6) is 0 Å². The molecule has 0 radical (unpaired) electrons. The maximum absolute atomic E-state index is 11.7. The predicted octanol–water partition coefficient (Wildman–Crippen LogP) is 3.78. The zero-order valence-corrected chi connectivity index (χ0v) is 13.6. The Morgan fingerprint density at radius 2 is 1.90 bits per heavy atom. The molecule has 1 saturated carbocycles. The second-order valence-corrected chi connectivity index (χ2v) is 8.09. The Hall–Kier alpha value is -0.570. The first-order valence-corrected chi connectivity index (χ1v) is 8.24. The first-order valence-electron chi connectivity index (χ1n) is 8.24. The maximum Gasteiger partial charge on any atom is 0.311 e. The van der Waals surface area contributed by atoms with Crippen molar-refractivity contribution < 1.29 is 9.90 Å². The summed E-state index contributed by atoms with van der Waals surface area (Å²) >= 11 is 0. The lowest BCUT2D eigenvalue weighted by Gasteiger charge is -2.32. The molecule has 0 amide bonds. The molecule has 0 aromatic carbocycles. The number of carboxylic acid groups (broad SMARTS) is 1. The van der Waals surface area contributed by atoms with E-state index in [2.05, 4.69) is 32.6 Å². The molecule has 0 bridgehead atoms. The number of aliphatic carboxylic acids is 1. The third-order valence-corrected chi connectivity index (χ3v) is 5.92. The summed E-state index contributed by atoms with van der Waals surface area (Å²) < 4.78 is 0. The molecule has 116 valence electrons. The third kappa shape index (κ3) is 3.03. The summed E-state index contributed by atoms with van der Waals surface area (Å²) in [5.41, 5.74) is -0.0434. The van der Waals surface area contributed by atoms with Gasteiger partial charge in [0.1, 0.15) is 0 Å². The van der Waals surface area contributed by atoms with Gasteiger partial charge in [-0.15, -0.1) is 0 Å². The highest BCUT2D eigenvalue weighted by Gasteiger charge is 2.48. The average molecular weight is 281 g/mol. The lowest BCUT2D eigenvalue weighted by molar-refractivity contribution is -0.151. The molecular weight excluding hydrogens is 250 g/mol. The standard InChI is InChI=1S/C17H31NO2/c1-13(2)17(15(19)20)10-11-18(12-17)14-6-5-8-16(3,4)9-7-14/h13-14H,5-12H2,1-4H3,(H,19,20). The Morgan fingerprint density at radius 1 is 1.20 bits per heavy atom. The molecule has 0 aromatic rings. The van der Waals surface area contributed by atoms with E-state index in [0.29, 0.717) is 11.5 Å². The zero-order chi connectivity index (χ0) is 15.0. The highest BCUT2D eigenvalue weighted by molar-refractivity contribution is 5.75. The van der Waals surface area contributed by atoms with Crippen molar-refractivity contribution in [2.24, 2.45) is 16.7 Å². The molecule has 2 fully saturated rings. The summed E-state index contributed by atoms with van der Waals surface area (Å²) in [4.78, 5) is 14.2. The maximum atomic E-state index is 11.7. The summed E-state index contributed by atoms with van der Waals surface area (Å²) in [5, 5.41) is 9.66. The van der Waals surface area contributed by atoms with Crippen molar-refractivity contribution in [3.05, 3.63) is 0 Å². The number of hydrogen-bond donors (Lipinski definition) is 1. The van der Waals surface area contributed by atoms with Gasteiger partial charge >= 0.3 is 5.97 Å². The van der Waals surface area contributed by atoms with E-state index < -0.39 is 11.4 Å².